The summed E-state index contributed by atoms with van der Waals surface area (Å²) in [5.41, 5.74) is 0.878. The second-order valence-electron chi connectivity index (χ2n) is 15.0. The van der Waals surface area contributed by atoms with E-state index in [0.717, 1.165) is 30.5 Å². The summed E-state index contributed by atoms with van der Waals surface area (Å²) >= 11 is 0. The van der Waals surface area contributed by atoms with Crippen LogP contribution in [0.15, 0.2) is 36.5 Å². The Kier molecular flexibility index (Phi) is 9.51. The van der Waals surface area contributed by atoms with E-state index in [2.05, 4.69) is 29.0 Å². The number of nitrogens with one attached hydrogen (secondary N) is 2. The third-order valence-electron chi connectivity index (χ3n) is 10.9. The van der Waals surface area contributed by atoms with Gasteiger partial charge in [-0.25, -0.2) is 18.1 Å². The lowest BCUT2D eigenvalue weighted by molar-refractivity contribution is -0.140. The number of nitrogens with zero attached hydrogens (tertiary/aromatic N) is 5. The van der Waals surface area contributed by atoms with Crippen LogP contribution < -0.4 is 19.5 Å². The second-order valence-corrected chi connectivity index (χ2v) is 17.0. The van der Waals surface area contributed by atoms with Gasteiger partial charge in [-0.1, -0.05) is 26.0 Å². The maximum Gasteiger partial charge on any atom is 0.259 e. The maximum atomic E-state index is 14.3. The molecule has 4 aliphatic rings. The first-order valence-corrected chi connectivity index (χ1v) is 19.7. The van der Waals surface area contributed by atoms with Crippen molar-refractivity contribution >= 4 is 38.6 Å². The molecule has 0 radical (unpaired) electrons. The number of amides is 3. The van der Waals surface area contributed by atoms with Gasteiger partial charge in [0, 0.05) is 31.3 Å². The van der Waals surface area contributed by atoms with Crippen molar-refractivity contribution < 1.29 is 32.3 Å². The molecule has 14 nitrogen and oxygen atoms in total. The minimum atomic E-state index is -3.84. The molecule has 2 aromatic heterocycles. The van der Waals surface area contributed by atoms with Gasteiger partial charge in [-0.2, -0.15) is 10.1 Å². The summed E-state index contributed by atoms with van der Waals surface area (Å²) < 4.78 is 41.6. The molecule has 0 bridgehead atoms. The molecular weight excluding hydrogens is 687 g/mol. The Morgan fingerprint density at radius 1 is 1.10 bits per heavy atom. The third-order valence-corrected chi connectivity index (χ3v) is 12.7. The van der Waals surface area contributed by atoms with Crippen molar-refractivity contribution in [2.24, 2.45) is 17.8 Å². The number of hydrogen-bond donors (Lipinski definition) is 2. The Labute approximate surface area is 303 Å². The van der Waals surface area contributed by atoms with E-state index >= 15 is 0 Å². The van der Waals surface area contributed by atoms with Crippen LogP contribution in [-0.2, 0) is 24.4 Å². The summed E-state index contributed by atoms with van der Waals surface area (Å²) in [4.78, 5) is 53.2. The van der Waals surface area contributed by atoms with Gasteiger partial charge in [0.25, 0.3) is 11.9 Å². The minimum Gasteiger partial charge on any atom is -0.496 e. The molecule has 0 saturated heterocycles. The molecule has 2 N–H and O–H groups in total. The van der Waals surface area contributed by atoms with Crippen molar-refractivity contribution in [2.75, 3.05) is 20.7 Å². The lowest BCUT2D eigenvalue weighted by Gasteiger charge is -2.26. The molecule has 3 heterocycles. The van der Waals surface area contributed by atoms with E-state index in [0.29, 0.717) is 42.0 Å². The summed E-state index contributed by atoms with van der Waals surface area (Å²) in [6.45, 7) is 6.56. The summed E-state index contributed by atoms with van der Waals surface area (Å²) in [6, 6.07) is 5.57. The standard InChI is InChI=1S/C37H47N7O7S/c1-21(2)29-15-17-44(41-29)36-38-31-22(3)30(50-5)14-13-26(31)33(39-36)51-24-18-27-28(19-24)34(46)43(4)16-9-7-6-8-10-23-20-37(23,40-32(27)45)35(47)42-52(48,49)25-11-12-25/h8,10,13-15,17,21,23-25,27-28H,6-7,9,11-12,16,18-20H2,1-5H3,(H,40,45)(H,42,47). The number of carbonyl (C=O) groups is 3. The Morgan fingerprint density at radius 3 is 2.58 bits per heavy atom. The summed E-state index contributed by atoms with van der Waals surface area (Å²) in [5.74, 6) is -1.85. The zero-order chi connectivity index (χ0) is 36.9. The van der Waals surface area contributed by atoms with Gasteiger partial charge in [0.1, 0.15) is 17.4 Å². The molecule has 1 aromatic carbocycles. The number of aryl methyl sites for hydroxylation is 1. The average molecular weight is 734 g/mol. The van der Waals surface area contributed by atoms with Crippen molar-refractivity contribution in [3.8, 4) is 17.6 Å². The number of sulfonamides is 1. The van der Waals surface area contributed by atoms with Crippen LogP contribution in [0.3, 0.4) is 0 Å². The van der Waals surface area contributed by atoms with Crippen LogP contribution >= 0.6 is 0 Å². The minimum absolute atomic E-state index is 0.174. The van der Waals surface area contributed by atoms with E-state index in [1.54, 1.807) is 29.9 Å². The van der Waals surface area contributed by atoms with Gasteiger partial charge in [-0.15, -0.1) is 0 Å². The SMILES string of the molecule is COc1ccc2c(OC3CC4C(=O)NC5(C(=O)NS(=O)(=O)C6CC6)CC5C=CCCCCN(C)C(=O)C4C3)nc(-n3ccc(C(C)C)n3)nc2c1C. The summed E-state index contributed by atoms with van der Waals surface area (Å²) in [7, 11) is -0.493. The zero-order valence-electron chi connectivity index (χ0n) is 30.3. The number of allylic oxidation sites excluding steroid dienone is 1. The van der Waals surface area contributed by atoms with Crippen LogP contribution in [0.25, 0.3) is 16.9 Å². The van der Waals surface area contributed by atoms with Crippen molar-refractivity contribution in [3.05, 3.63) is 47.8 Å². The lowest BCUT2D eigenvalue weighted by Crippen LogP contribution is -2.54. The van der Waals surface area contributed by atoms with Gasteiger partial charge in [0.2, 0.25) is 27.7 Å². The molecule has 3 amide bonds. The predicted octanol–water partition coefficient (Wildman–Crippen LogP) is 3.71. The fourth-order valence-corrected chi connectivity index (χ4v) is 8.86. The van der Waals surface area contributed by atoms with E-state index in [4.69, 9.17) is 19.4 Å². The fraction of sp³-hybridized carbons (Fsp3) is 0.568. The van der Waals surface area contributed by atoms with Crippen molar-refractivity contribution in [1.29, 1.82) is 0 Å². The van der Waals surface area contributed by atoms with Crippen LogP contribution in [0.1, 0.15) is 82.4 Å². The molecule has 1 aliphatic heterocycles. The molecule has 15 heteroatoms. The number of benzene rings is 1. The fourth-order valence-electron chi connectivity index (χ4n) is 7.49. The number of rotatable bonds is 8. The second kappa shape index (κ2) is 13.8. The van der Waals surface area contributed by atoms with Gasteiger partial charge in [-0.3, -0.25) is 19.1 Å². The third kappa shape index (κ3) is 6.86. The Morgan fingerprint density at radius 2 is 1.87 bits per heavy atom. The lowest BCUT2D eigenvalue weighted by atomic mass is 9.93. The highest BCUT2D eigenvalue weighted by Gasteiger charge is 2.62. The van der Waals surface area contributed by atoms with E-state index in [-0.39, 0.29) is 42.9 Å². The van der Waals surface area contributed by atoms with Crippen LogP contribution in [0.4, 0.5) is 0 Å². The molecule has 7 rings (SSSR count). The largest absolute Gasteiger partial charge is 0.496 e. The van der Waals surface area contributed by atoms with Gasteiger partial charge in [0.15, 0.2) is 0 Å². The molecule has 5 unspecified atom stereocenters. The summed E-state index contributed by atoms with van der Waals surface area (Å²) in [5, 5.41) is 7.68. The first-order valence-electron chi connectivity index (χ1n) is 18.2. The van der Waals surface area contributed by atoms with Crippen molar-refractivity contribution in [1.82, 2.24) is 34.7 Å². The highest BCUT2D eigenvalue weighted by Crippen LogP contribution is 2.47. The van der Waals surface area contributed by atoms with Crippen molar-refractivity contribution in [2.45, 2.75) is 94.9 Å². The number of fused-ring (bicyclic) bond motifs is 3. The highest BCUT2D eigenvalue weighted by molar-refractivity contribution is 7.91. The van der Waals surface area contributed by atoms with Gasteiger partial charge in [0.05, 0.1) is 40.8 Å². The summed E-state index contributed by atoms with van der Waals surface area (Å²) in [6.07, 6.45) is 9.16. The predicted molar refractivity (Wildman–Crippen MR) is 192 cm³/mol. The molecule has 3 fully saturated rings. The van der Waals surface area contributed by atoms with Gasteiger partial charge in [-0.05, 0) is 82.4 Å². The zero-order valence-corrected chi connectivity index (χ0v) is 31.1. The quantitative estimate of drug-likeness (QED) is 0.325. The van der Waals surface area contributed by atoms with E-state index in [9.17, 15) is 22.8 Å². The molecule has 3 aliphatic carbocycles. The first-order chi connectivity index (χ1) is 24.8. The molecular formula is C37H47N7O7S. The van der Waals surface area contributed by atoms with Crippen LogP contribution in [0, 0.1) is 24.7 Å². The molecule has 3 aromatic rings. The Hall–Kier alpha value is -4.53. The van der Waals surface area contributed by atoms with E-state index in [1.807, 2.05) is 37.3 Å². The number of carbonyl (C=O) groups excluding carboxylic acids is 3. The van der Waals surface area contributed by atoms with Crippen LogP contribution in [0.2, 0.25) is 0 Å². The monoisotopic (exact) mass is 733 g/mol. The topological polar surface area (TPSA) is 175 Å². The molecule has 0 spiro atoms. The normalized spacial score (nSPS) is 26.8. The molecule has 5 atom stereocenters. The highest BCUT2D eigenvalue weighted by atomic mass is 32.2. The first kappa shape index (κ1) is 35.9. The van der Waals surface area contributed by atoms with Crippen molar-refractivity contribution in [3.63, 3.8) is 0 Å². The Balaban J connectivity index is 1.21. The van der Waals surface area contributed by atoms with E-state index < -0.39 is 50.6 Å². The smallest absolute Gasteiger partial charge is 0.259 e. The number of aromatic nitrogens is 4. The average Bonchev–Trinajstić information content (AvgIpc) is 3.98. The number of methoxy groups -OCH3 is 1. The van der Waals surface area contributed by atoms with Gasteiger partial charge < -0.3 is 19.7 Å². The Bertz CT molecular complexity index is 2040. The van der Waals surface area contributed by atoms with Crippen LogP contribution in [-0.4, -0.2) is 88.4 Å². The molecule has 278 valence electrons. The van der Waals surface area contributed by atoms with E-state index in [1.165, 1.54) is 0 Å². The number of ether oxygens (including phenoxy) is 2. The van der Waals surface area contributed by atoms with Crippen LogP contribution in [0.5, 0.6) is 11.6 Å². The number of hydrogen-bond acceptors (Lipinski definition) is 10. The molecule has 52 heavy (non-hydrogen) atoms. The maximum absolute atomic E-state index is 14.3. The van der Waals surface area contributed by atoms with Gasteiger partial charge >= 0.3 is 0 Å². The molecule has 3 saturated carbocycles.